The summed E-state index contributed by atoms with van der Waals surface area (Å²) in [5, 5.41) is 12.3. The van der Waals surface area contributed by atoms with E-state index < -0.39 is 0 Å². The van der Waals surface area contributed by atoms with Gasteiger partial charge >= 0.3 is 0 Å². The van der Waals surface area contributed by atoms with Gasteiger partial charge in [0.1, 0.15) is 5.75 Å². The van der Waals surface area contributed by atoms with Crippen LogP contribution in [0.15, 0.2) is 59.0 Å². The summed E-state index contributed by atoms with van der Waals surface area (Å²) in [6.45, 7) is 0. The number of carbonyl (C=O) groups is 1. The fourth-order valence-electron chi connectivity index (χ4n) is 2.06. The number of nitrogens with one attached hydrogen (secondary N) is 1. The average molecular weight is 383 g/mol. The van der Waals surface area contributed by atoms with Crippen LogP contribution in [0.3, 0.4) is 0 Å². The first-order valence-electron chi connectivity index (χ1n) is 7.87. The molecule has 0 bridgehead atoms. The molecular formula is C17H17N7O2S. The van der Waals surface area contributed by atoms with Crippen molar-refractivity contribution in [2.24, 2.45) is 5.10 Å². The maximum Gasteiger partial charge on any atom is 0.264 e. The van der Waals surface area contributed by atoms with Crippen molar-refractivity contribution in [2.45, 2.75) is 5.16 Å². The molecule has 0 aliphatic rings. The van der Waals surface area contributed by atoms with Crippen molar-refractivity contribution in [1.29, 1.82) is 0 Å². The highest BCUT2D eigenvalue weighted by Crippen LogP contribution is 2.19. The molecule has 2 aromatic heterocycles. The van der Waals surface area contributed by atoms with E-state index in [-0.39, 0.29) is 17.5 Å². The Morgan fingerprint density at radius 1 is 1.33 bits per heavy atom. The van der Waals surface area contributed by atoms with E-state index in [1.807, 2.05) is 6.07 Å². The molecule has 0 radical (unpaired) electrons. The average Bonchev–Trinajstić information content (AvgIpc) is 3.06. The number of Topliss-reactive ketones (excluding diaryl/α,β-unsaturated/α-hetero) is 1. The molecule has 9 nitrogen and oxygen atoms in total. The lowest BCUT2D eigenvalue weighted by Gasteiger charge is -2.04. The van der Waals surface area contributed by atoms with Gasteiger partial charge in [0.05, 0.1) is 19.1 Å². The molecule has 0 amide bonds. The zero-order valence-corrected chi connectivity index (χ0v) is 15.3. The number of carbonyl (C=O) groups excluding carboxylic acids is 1. The van der Waals surface area contributed by atoms with Gasteiger partial charge in [-0.1, -0.05) is 17.8 Å². The number of anilines is 1. The number of methoxy groups -OCH3 is 1. The standard InChI is InChI=1S/C17H17N7O2S/c1-26-14-6-4-13(5-7-14)15(25)11-27-17-23-22-16(24(17)18)21-20-10-12-3-2-8-19-9-12/h2-10H,11,18H2,1H3,(H,21,22)/b20-10+. The number of aromatic nitrogens is 4. The molecule has 3 aromatic rings. The summed E-state index contributed by atoms with van der Waals surface area (Å²) >= 11 is 1.19. The molecule has 0 saturated heterocycles. The van der Waals surface area contributed by atoms with Crippen LogP contribution in [0.25, 0.3) is 0 Å². The first-order valence-corrected chi connectivity index (χ1v) is 8.85. The minimum absolute atomic E-state index is 0.0465. The second kappa shape index (κ2) is 8.81. The highest BCUT2D eigenvalue weighted by Gasteiger charge is 2.13. The summed E-state index contributed by atoms with van der Waals surface area (Å²) in [7, 11) is 1.58. The fraction of sp³-hybridized carbons (Fsp3) is 0.118. The van der Waals surface area contributed by atoms with Gasteiger partial charge in [-0.3, -0.25) is 9.78 Å². The maximum absolute atomic E-state index is 12.3. The summed E-state index contributed by atoms with van der Waals surface area (Å²) in [6.07, 6.45) is 4.93. The van der Waals surface area contributed by atoms with Crippen LogP contribution in [0.2, 0.25) is 0 Å². The number of benzene rings is 1. The van der Waals surface area contributed by atoms with Gasteiger partial charge in [-0.15, -0.1) is 10.2 Å². The number of ether oxygens (including phenoxy) is 1. The van der Waals surface area contributed by atoms with Crippen molar-refractivity contribution in [1.82, 2.24) is 19.9 Å². The third kappa shape index (κ3) is 4.82. The highest BCUT2D eigenvalue weighted by atomic mass is 32.2. The Labute approximate surface area is 159 Å². The quantitative estimate of drug-likeness (QED) is 0.199. The second-order valence-corrected chi connectivity index (χ2v) is 6.22. The van der Waals surface area contributed by atoms with Crippen molar-refractivity contribution in [3.8, 4) is 5.75 Å². The molecule has 0 aliphatic carbocycles. The maximum atomic E-state index is 12.3. The monoisotopic (exact) mass is 383 g/mol. The van der Waals surface area contributed by atoms with Crippen molar-refractivity contribution < 1.29 is 9.53 Å². The Bertz CT molecular complexity index is 926. The lowest BCUT2D eigenvalue weighted by Crippen LogP contribution is -2.14. The van der Waals surface area contributed by atoms with Crippen LogP contribution in [-0.4, -0.2) is 44.7 Å². The van der Waals surface area contributed by atoms with E-state index >= 15 is 0 Å². The molecule has 10 heteroatoms. The van der Waals surface area contributed by atoms with Gasteiger partial charge in [0.15, 0.2) is 5.78 Å². The zero-order valence-electron chi connectivity index (χ0n) is 14.4. The van der Waals surface area contributed by atoms with E-state index in [0.717, 1.165) is 5.56 Å². The molecule has 27 heavy (non-hydrogen) atoms. The van der Waals surface area contributed by atoms with Crippen molar-refractivity contribution in [3.63, 3.8) is 0 Å². The van der Waals surface area contributed by atoms with E-state index in [4.69, 9.17) is 10.6 Å². The van der Waals surface area contributed by atoms with E-state index in [1.54, 1.807) is 56.0 Å². The predicted octanol–water partition coefficient (Wildman–Crippen LogP) is 1.82. The van der Waals surface area contributed by atoms with Gasteiger partial charge in [-0.2, -0.15) is 5.10 Å². The summed E-state index contributed by atoms with van der Waals surface area (Å²) in [5.74, 6) is 7.03. The van der Waals surface area contributed by atoms with Crippen LogP contribution in [0.5, 0.6) is 5.75 Å². The molecule has 3 rings (SSSR count). The smallest absolute Gasteiger partial charge is 0.264 e. The van der Waals surface area contributed by atoms with E-state index in [2.05, 4.69) is 25.7 Å². The Hall–Kier alpha value is -3.40. The second-order valence-electron chi connectivity index (χ2n) is 5.27. The molecule has 0 aliphatic heterocycles. The number of thioether (sulfide) groups is 1. The SMILES string of the molecule is COc1ccc(C(=O)CSc2nnc(N/N=C/c3cccnc3)n2N)cc1. The van der Waals surface area contributed by atoms with Gasteiger partial charge < -0.3 is 10.6 Å². The molecule has 2 heterocycles. The zero-order chi connectivity index (χ0) is 19.1. The summed E-state index contributed by atoms with van der Waals surface area (Å²) in [6, 6.07) is 10.6. The van der Waals surface area contributed by atoms with Crippen LogP contribution in [0.4, 0.5) is 5.95 Å². The van der Waals surface area contributed by atoms with Crippen LogP contribution in [0.1, 0.15) is 15.9 Å². The fourth-order valence-corrected chi connectivity index (χ4v) is 2.81. The molecule has 3 N–H and O–H groups in total. The number of hydrogen-bond donors (Lipinski definition) is 2. The Morgan fingerprint density at radius 2 is 2.15 bits per heavy atom. The molecule has 0 unspecified atom stereocenters. The van der Waals surface area contributed by atoms with Gasteiger partial charge in [-0.25, -0.2) is 10.1 Å². The van der Waals surface area contributed by atoms with Crippen LogP contribution < -0.4 is 16.0 Å². The molecule has 0 atom stereocenters. The molecule has 138 valence electrons. The Kier molecular flexibility index (Phi) is 6.00. The van der Waals surface area contributed by atoms with Crippen molar-refractivity contribution >= 4 is 29.7 Å². The number of hydrazone groups is 1. The number of nitrogen functional groups attached to an aromatic ring is 1. The number of pyridine rings is 1. The largest absolute Gasteiger partial charge is 0.497 e. The summed E-state index contributed by atoms with van der Waals surface area (Å²) < 4.78 is 6.32. The summed E-state index contributed by atoms with van der Waals surface area (Å²) in [5.41, 5.74) is 4.12. The molecular weight excluding hydrogens is 366 g/mol. The van der Waals surface area contributed by atoms with E-state index in [1.165, 1.54) is 16.4 Å². The first kappa shape index (κ1) is 18.4. The van der Waals surface area contributed by atoms with E-state index in [9.17, 15) is 4.79 Å². The first-order chi connectivity index (χ1) is 13.2. The van der Waals surface area contributed by atoms with Crippen molar-refractivity contribution in [3.05, 3.63) is 59.9 Å². The molecule has 0 saturated carbocycles. The van der Waals surface area contributed by atoms with Gasteiger partial charge in [-0.05, 0) is 30.3 Å². The van der Waals surface area contributed by atoms with Crippen LogP contribution >= 0.6 is 11.8 Å². The normalized spacial score (nSPS) is 10.9. The lowest BCUT2D eigenvalue weighted by molar-refractivity contribution is 0.102. The number of hydrogen-bond acceptors (Lipinski definition) is 9. The number of nitrogens with two attached hydrogens (primary N) is 1. The molecule has 0 fully saturated rings. The third-order valence-electron chi connectivity index (χ3n) is 3.47. The third-order valence-corrected chi connectivity index (χ3v) is 4.41. The molecule has 1 aromatic carbocycles. The number of ketones is 1. The highest BCUT2D eigenvalue weighted by molar-refractivity contribution is 7.99. The minimum Gasteiger partial charge on any atom is -0.497 e. The number of rotatable bonds is 8. The topological polar surface area (TPSA) is 120 Å². The van der Waals surface area contributed by atoms with Gasteiger partial charge in [0.2, 0.25) is 5.16 Å². The number of nitrogens with zero attached hydrogens (tertiary/aromatic N) is 5. The lowest BCUT2D eigenvalue weighted by atomic mass is 10.1. The Morgan fingerprint density at radius 3 is 2.85 bits per heavy atom. The predicted molar refractivity (Wildman–Crippen MR) is 104 cm³/mol. The van der Waals surface area contributed by atoms with E-state index in [0.29, 0.717) is 16.5 Å². The van der Waals surface area contributed by atoms with Gasteiger partial charge in [0, 0.05) is 23.5 Å². The molecule has 0 spiro atoms. The van der Waals surface area contributed by atoms with Gasteiger partial charge in [0.25, 0.3) is 5.95 Å². The minimum atomic E-state index is -0.0465. The van der Waals surface area contributed by atoms with Crippen LogP contribution in [0, 0.1) is 0 Å². The summed E-state index contributed by atoms with van der Waals surface area (Å²) in [4.78, 5) is 16.2. The Balaban J connectivity index is 1.56. The van der Waals surface area contributed by atoms with Crippen LogP contribution in [-0.2, 0) is 0 Å². The van der Waals surface area contributed by atoms with Crippen molar-refractivity contribution in [2.75, 3.05) is 24.1 Å².